The summed E-state index contributed by atoms with van der Waals surface area (Å²) >= 11 is 0. The predicted molar refractivity (Wildman–Crippen MR) is 76.0 cm³/mol. The van der Waals surface area contributed by atoms with Gasteiger partial charge in [0.15, 0.2) is 0 Å². The van der Waals surface area contributed by atoms with Gasteiger partial charge in [-0.1, -0.05) is 0 Å². The summed E-state index contributed by atoms with van der Waals surface area (Å²) in [6.07, 6.45) is 3.47. The molecule has 2 fully saturated rings. The van der Waals surface area contributed by atoms with Crippen molar-refractivity contribution >= 4 is 11.6 Å². The molecular formula is C15H20FN3O. The Morgan fingerprint density at radius 1 is 1.40 bits per heavy atom. The first-order chi connectivity index (χ1) is 9.54. The van der Waals surface area contributed by atoms with Crippen molar-refractivity contribution in [2.24, 2.45) is 0 Å². The number of halogens is 1. The number of nitrogen functional groups attached to an aromatic ring is 1. The summed E-state index contributed by atoms with van der Waals surface area (Å²) in [5, 5.41) is 2.93. The van der Waals surface area contributed by atoms with Gasteiger partial charge in [-0.15, -0.1) is 0 Å². The Kier molecular flexibility index (Phi) is 3.38. The summed E-state index contributed by atoms with van der Waals surface area (Å²) in [5.41, 5.74) is 6.56. The number of hydrogen-bond acceptors (Lipinski definition) is 3. The molecule has 0 spiro atoms. The Hall–Kier alpha value is -1.62. The molecule has 1 aromatic carbocycles. The molecule has 1 unspecified atom stereocenters. The molecule has 20 heavy (non-hydrogen) atoms. The third-order valence-electron chi connectivity index (χ3n) is 4.14. The van der Waals surface area contributed by atoms with Crippen molar-refractivity contribution in [3.05, 3.63) is 29.1 Å². The SMILES string of the molecule is Cc1cc(N)cc(C(=O)NC2CCN(C3CC3)C2)c1F. The van der Waals surface area contributed by atoms with E-state index in [9.17, 15) is 9.18 Å². The lowest BCUT2D eigenvalue weighted by Crippen LogP contribution is -2.38. The number of hydrogen-bond donors (Lipinski definition) is 2. The molecule has 3 N–H and O–H groups in total. The Labute approximate surface area is 118 Å². The lowest BCUT2D eigenvalue weighted by atomic mass is 10.1. The molecule has 3 rings (SSSR count). The Morgan fingerprint density at radius 3 is 2.85 bits per heavy atom. The number of nitrogens with zero attached hydrogens (tertiary/aromatic N) is 1. The average molecular weight is 277 g/mol. The molecule has 1 aromatic rings. The van der Waals surface area contributed by atoms with Gasteiger partial charge in [-0.25, -0.2) is 4.39 Å². The van der Waals surface area contributed by atoms with E-state index in [1.54, 1.807) is 6.92 Å². The molecule has 1 aliphatic heterocycles. The van der Waals surface area contributed by atoms with Crippen LogP contribution in [-0.2, 0) is 0 Å². The van der Waals surface area contributed by atoms with Crippen LogP contribution in [0.25, 0.3) is 0 Å². The molecule has 1 heterocycles. The Morgan fingerprint density at radius 2 is 2.15 bits per heavy atom. The number of nitrogens with two attached hydrogens (primary N) is 1. The number of anilines is 1. The minimum atomic E-state index is -0.478. The van der Waals surface area contributed by atoms with E-state index >= 15 is 0 Å². The van der Waals surface area contributed by atoms with E-state index in [0.29, 0.717) is 17.3 Å². The van der Waals surface area contributed by atoms with E-state index in [-0.39, 0.29) is 17.5 Å². The van der Waals surface area contributed by atoms with Crippen molar-refractivity contribution in [2.75, 3.05) is 18.8 Å². The van der Waals surface area contributed by atoms with E-state index < -0.39 is 5.82 Å². The highest BCUT2D eigenvalue weighted by Gasteiger charge is 2.35. The van der Waals surface area contributed by atoms with Gasteiger partial charge in [-0.05, 0) is 43.9 Å². The van der Waals surface area contributed by atoms with Crippen LogP contribution in [-0.4, -0.2) is 36.0 Å². The first kappa shape index (κ1) is 13.4. The molecular weight excluding hydrogens is 257 g/mol. The van der Waals surface area contributed by atoms with Crippen LogP contribution in [0.2, 0.25) is 0 Å². The zero-order chi connectivity index (χ0) is 14.3. The fraction of sp³-hybridized carbons (Fsp3) is 0.533. The number of amides is 1. The number of rotatable bonds is 3. The van der Waals surface area contributed by atoms with Crippen LogP contribution in [0.4, 0.5) is 10.1 Å². The largest absolute Gasteiger partial charge is 0.399 e. The van der Waals surface area contributed by atoms with Gasteiger partial charge < -0.3 is 11.1 Å². The number of carbonyl (C=O) groups excluding carboxylic acids is 1. The molecule has 1 aliphatic carbocycles. The monoisotopic (exact) mass is 277 g/mol. The van der Waals surface area contributed by atoms with Crippen molar-refractivity contribution in [3.63, 3.8) is 0 Å². The molecule has 5 heteroatoms. The van der Waals surface area contributed by atoms with Crippen molar-refractivity contribution < 1.29 is 9.18 Å². The van der Waals surface area contributed by atoms with Gasteiger partial charge in [0.1, 0.15) is 5.82 Å². The van der Waals surface area contributed by atoms with Crippen LogP contribution in [0, 0.1) is 12.7 Å². The third-order valence-corrected chi connectivity index (χ3v) is 4.14. The first-order valence-corrected chi connectivity index (χ1v) is 7.15. The quantitative estimate of drug-likeness (QED) is 0.827. The summed E-state index contributed by atoms with van der Waals surface area (Å²) in [4.78, 5) is 14.6. The van der Waals surface area contributed by atoms with E-state index in [4.69, 9.17) is 5.73 Å². The first-order valence-electron chi connectivity index (χ1n) is 7.15. The smallest absolute Gasteiger partial charge is 0.254 e. The number of aryl methyl sites for hydroxylation is 1. The van der Waals surface area contributed by atoms with Crippen LogP contribution >= 0.6 is 0 Å². The minimum Gasteiger partial charge on any atom is -0.399 e. The minimum absolute atomic E-state index is 0.0485. The highest BCUT2D eigenvalue weighted by Crippen LogP contribution is 2.30. The maximum absolute atomic E-state index is 14.0. The predicted octanol–water partition coefficient (Wildman–Crippen LogP) is 1.68. The molecule has 1 atom stereocenters. The summed E-state index contributed by atoms with van der Waals surface area (Å²) in [6, 6.07) is 3.77. The van der Waals surface area contributed by atoms with E-state index in [1.165, 1.54) is 25.0 Å². The Balaban J connectivity index is 1.67. The van der Waals surface area contributed by atoms with Crippen molar-refractivity contribution in [1.29, 1.82) is 0 Å². The lowest BCUT2D eigenvalue weighted by molar-refractivity contribution is 0.0933. The number of likely N-dealkylation sites (tertiary alicyclic amines) is 1. The van der Waals surface area contributed by atoms with Gasteiger partial charge in [-0.2, -0.15) is 0 Å². The number of nitrogens with one attached hydrogen (secondary N) is 1. The zero-order valence-corrected chi connectivity index (χ0v) is 11.7. The molecule has 1 saturated carbocycles. The summed E-state index contributed by atoms with van der Waals surface area (Å²) < 4.78 is 14.0. The standard InChI is InChI=1S/C15H20FN3O/c1-9-6-10(17)7-13(14(9)16)15(20)18-11-4-5-19(8-11)12-2-3-12/h6-7,11-12H,2-5,8,17H2,1H3,(H,18,20). The highest BCUT2D eigenvalue weighted by molar-refractivity contribution is 5.95. The van der Waals surface area contributed by atoms with Gasteiger partial charge >= 0.3 is 0 Å². The molecule has 0 radical (unpaired) electrons. The number of benzene rings is 1. The molecule has 1 saturated heterocycles. The van der Waals surface area contributed by atoms with E-state index in [2.05, 4.69) is 10.2 Å². The van der Waals surface area contributed by atoms with Crippen LogP contribution in [0.5, 0.6) is 0 Å². The topological polar surface area (TPSA) is 58.4 Å². The third kappa shape index (κ3) is 2.63. The maximum atomic E-state index is 14.0. The van der Waals surface area contributed by atoms with Crippen molar-refractivity contribution in [3.8, 4) is 0 Å². The van der Waals surface area contributed by atoms with Crippen LogP contribution < -0.4 is 11.1 Å². The van der Waals surface area contributed by atoms with Crippen LogP contribution in [0.1, 0.15) is 35.2 Å². The molecule has 0 bridgehead atoms. The normalized spacial score (nSPS) is 23.0. The molecule has 2 aliphatic rings. The van der Waals surface area contributed by atoms with Crippen LogP contribution in [0.3, 0.4) is 0 Å². The second kappa shape index (κ2) is 5.05. The van der Waals surface area contributed by atoms with Gasteiger partial charge in [-0.3, -0.25) is 9.69 Å². The van der Waals surface area contributed by atoms with Gasteiger partial charge in [0.05, 0.1) is 5.56 Å². The fourth-order valence-electron chi connectivity index (χ4n) is 2.90. The van der Waals surface area contributed by atoms with E-state index in [1.807, 2.05) is 0 Å². The van der Waals surface area contributed by atoms with Crippen molar-refractivity contribution in [2.45, 2.75) is 38.3 Å². The maximum Gasteiger partial charge on any atom is 0.254 e. The average Bonchev–Trinajstić information content (AvgIpc) is 3.15. The van der Waals surface area contributed by atoms with Gasteiger partial charge in [0, 0.05) is 30.9 Å². The summed E-state index contributed by atoms with van der Waals surface area (Å²) in [7, 11) is 0. The molecule has 108 valence electrons. The molecule has 1 amide bonds. The summed E-state index contributed by atoms with van der Waals surface area (Å²) in [5.74, 6) is -0.839. The molecule has 4 nitrogen and oxygen atoms in total. The Bertz CT molecular complexity index is 542. The summed E-state index contributed by atoms with van der Waals surface area (Å²) in [6.45, 7) is 3.51. The van der Waals surface area contributed by atoms with Crippen LogP contribution in [0.15, 0.2) is 12.1 Å². The van der Waals surface area contributed by atoms with E-state index in [0.717, 1.165) is 19.5 Å². The second-order valence-electron chi connectivity index (χ2n) is 5.88. The van der Waals surface area contributed by atoms with Crippen molar-refractivity contribution in [1.82, 2.24) is 10.2 Å². The van der Waals surface area contributed by atoms with Gasteiger partial charge in [0.25, 0.3) is 5.91 Å². The van der Waals surface area contributed by atoms with Gasteiger partial charge in [0.2, 0.25) is 0 Å². The number of carbonyl (C=O) groups is 1. The molecule has 0 aromatic heterocycles. The highest BCUT2D eigenvalue weighted by atomic mass is 19.1. The lowest BCUT2D eigenvalue weighted by Gasteiger charge is -2.16. The zero-order valence-electron chi connectivity index (χ0n) is 11.7. The fourth-order valence-corrected chi connectivity index (χ4v) is 2.90. The second-order valence-corrected chi connectivity index (χ2v) is 5.88.